The molecule has 0 amide bonds. The Morgan fingerprint density at radius 1 is 1.30 bits per heavy atom. The lowest BCUT2D eigenvalue weighted by atomic mass is 10.3. The quantitative estimate of drug-likeness (QED) is 0.245. The number of nitrogens with one attached hydrogen (secondary N) is 2. The largest absolute Gasteiger partial charge is 0.480 e. The Kier molecular flexibility index (Phi) is 7.03. The van der Waals surface area contributed by atoms with Gasteiger partial charge in [0.05, 0.1) is 9.82 Å². The van der Waals surface area contributed by atoms with E-state index in [1.54, 1.807) is 0 Å². The molecule has 0 radical (unpaired) electrons. The van der Waals surface area contributed by atoms with Crippen LogP contribution in [0.25, 0.3) is 0 Å². The minimum Gasteiger partial charge on any atom is -0.480 e. The van der Waals surface area contributed by atoms with Gasteiger partial charge in [0.1, 0.15) is 6.04 Å². The Morgan fingerprint density at radius 2 is 1.91 bits per heavy atom. The van der Waals surface area contributed by atoms with Crippen molar-refractivity contribution in [1.82, 2.24) is 10.0 Å². The third kappa shape index (κ3) is 5.90. The van der Waals surface area contributed by atoms with Crippen LogP contribution >= 0.6 is 0 Å². The van der Waals surface area contributed by atoms with E-state index in [0.29, 0.717) is 13.0 Å². The number of carboxylic acid groups (broad SMARTS) is 1. The molecular formula is C12H17N3O7S. The van der Waals surface area contributed by atoms with Gasteiger partial charge in [-0.05, 0) is 25.1 Å². The molecule has 0 bridgehead atoms. The van der Waals surface area contributed by atoms with Crippen LogP contribution < -0.4 is 10.0 Å². The molecule has 0 aliphatic heterocycles. The molecule has 0 spiro atoms. The first-order chi connectivity index (χ1) is 10.8. The van der Waals surface area contributed by atoms with Crippen LogP contribution in [0.3, 0.4) is 0 Å². The van der Waals surface area contributed by atoms with Gasteiger partial charge in [-0.25, -0.2) is 8.42 Å². The number of rotatable bonds is 10. The lowest BCUT2D eigenvalue weighted by Crippen LogP contribution is -2.47. The Balaban J connectivity index is 2.80. The van der Waals surface area contributed by atoms with E-state index < -0.39 is 27.0 Å². The van der Waals surface area contributed by atoms with Crippen molar-refractivity contribution in [3.05, 3.63) is 34.4 Å². The number of hydrogen-bond donors (Lipinski definition) is 4. The number of sulfonamides is 1. The molecule has 0 fully saturated rings. The Hall–Kier alpha value is -2.08. The van der Waals surface area contributed by atoms with Gasteiger partial charge < -0.3 is 15.5 Å². The van der Waals surface area contributed by atoms with E-state index >= 15 is 0 Å². The predicted molar refractivity (Wildman–Crippen MR) is 79.4 cm³/mol. The third-order valence-corrected chi connectivity index (χ3v) is 4.30. The van der Waals surface area contributed by atoms with Crippen molar-refractivity contribution in [3.8, 4) is 0 Å². The SMILES string of the molecule is O=C(O)[C@H](CNCCCO)NS(=O)(=O)c1ccc([N+](=O)[O-])cc1. The molecule has 1 aromatic rings. The summed E-state index contributed by atoms with van der Waals surface area (Å²) in [4.78, 5) is 20.7. The number of aliphatic hydroxyl groups is 1. The van der Waals surface area contributed by atoms with Crippen LogP contribution in [0, 0.1) is 10.1 Å². The summed E-state index contributed by atoms with van der Waals surface area (Å²) >= 11 is 0. The van der Waals surface area contributed by atoms with E-state index in [1.807, 2.05) is 4.72 Å². The zero-order valence-electron chi connectivity index (χ0n) is 12.0. The van der Waals surface area contributed by atoms with Crippen LogP contribution in [0.5, 0.6) is 0 Å². The number of non-ortho nitro benzene ring substituents is 1. The Labute approximate surface area is 132 Å². The number of carbonyl (C=O) groups is 1. The first-order valence-corrected chi connectivity index (χ1v) is 8.07. The number of aliphatic carboxylic acids is 1. The molecule has 23 heavy (non-hydrogen) atoms. The number of benzene rings is 1. The number of nitro benzene ring substituents is 1. The molecule has 1 aromatic carbocycles. The van der Waals surface area contributed by atoms with Crippen LogP contribution in [0.15, 0.2) is 29.2 Å². The highest BCUT2D eigenvalue weighted by Gasteiger charge is 2.25. The van der Waals surface area contributed by atoms with Crippen molar-refractivity contribution in [1.29, 1.82) is 0 Å². The second-order valence-corrected chi connectivity index (χ2v) is 6.26. The standard InChI is InChI=1S/C12H17N3O7S/c16-7-1-6-13-8-11(12(17)18)14-23(21,22)10-4-2-9(3-5-10)15(19)20/h2-5,11,13-14,16H,1,6-8H2,(H,17,18)/t11-/m0/s1. The van der Waals surface area contributed by atoms with E-state index in [-0.39, 0.29) is 23.7 Å². The van der Waals surface area contributed by atoms with Gasteiger partial charge in [0.25, 0.3) is 5.69 Å². The Bertz CT molecular complexity index is 645. The van der Waals surface area contributed by atoms with Crippen LogP contribution in [0.2, 0.25) is 0 Å². The van der Waals surface area contributed by atoms with Crippen LogP contribution in [-0.2, 0) is 14.8 Å². The lowest BCUT2D eigenvalue weighted by Gasteiger charge is -2.15. The van der Waals surface area contributed by atoms with E-state index in [9.17, 15) is 23.3 Å². The maximum atomic E-state index is 12.1. The summed E-state index contributed by atoms with van der Waals surface area (Å²) in [7, 11) is -4.13. The van der Waals surface area contributed by atoms with Crippen LogP contribution in [0.4, 0.5) is 5.69 Å². The first-order valence-electron chi connectivity index (χ1n) is 6.59. The molecule has 0 aromatic heterocycles. The molecule has 1 atom stereocenters. The number of aliphatic hydroxyl groups excluding tert-OH is 1. The summed E-state index contributed by atoms with van der Waals surface area (Å²) < 4.78 is 26.2. The molecule has 0 saturated heterocycles. The fraction of sp³-hybridized carbons (Fsp3) is 0.417. The molecule has 4 N–H and O–H groups in total. The summed E-state index contributed by atoms with van der Waals surface area (Å²) in [5, 5.41) is 30.9. The number of nitrogens with zero attached hydrogens (tertiary/aromatic N) is 1. The third-order valence-electron chi connectivity index (χ3n) is 2.81. The fourth-order valence-electron chi connectivity index (χ4n) is 1.63. The molecule has 10 nitrogen and oxygen atoms in total. The molecule has 0 saturated carbocycles. The normalized spacial score (nSPS) is 12.7. The minimum absolute atomic E-state index is 0.0702. The minimum atomic E-state index is -4.13. The second-order valence-electron chi connectivity index (χ2n) is 4.54. The van der Waals surface area contributed by atoms with Gasteiger partial charge in [-0.2, -0.15) is 4.72 Å². The molecule has 0 heterocycles. The fourth-order valence-corrected chi connectivity index (χ4v) is 2.82. The van der Waals surface area contributed by atoms with Crippen LogP contribution in [0.1, 0.15) is 6.42 Å². The average molecular weight is 347 g/mol. The van der Waals surface area contributed by atoms with E-state index in [2.05, 4.69) is 5.32 Å². The first kappa shape index (κ1) is 19.0. The zero-order valence-corrected chi connectivity index (χ0v) is 12.8. The highest BCUT2D eigenvalue weighted by molar-refractivity contribution is 7.89. The maximum Gasteiger partial charge on any atom is 0.323 e. The van der Waals surface area contributed by atoms with Crippen molar-refractivity contribution in [2.45, 2.75) is 17.4 Å². The summed E-state index contributed by atoms with van der Waals surface area (Å²) in [6.45, 7) is 0.0976. The van der Waals surface area contributed by atoms with Crippen molar-refractivity contribution < 1.29 is 28.3 Å². The van der Waals surface area contributed by atoms with Crippen molar-refractivity contribution in [2.24, 2.45) is 0 Å². The molecule has 11 heteroatoms. The van der Waals surface area contributed by atoms with Crippen molar-refractivity contribution >= 4 is 21.7 Å². The summed E-state index contributed by atoms with van der Waals surface area (Å²) in [6, 6.07) is 2.68. The van der Waals surface area contributed by atoms with Gasteiger partial charge in [-0.3, -0.25) is 14.9 Å². The van der Waals surface area contributed by atoms with Gasteiger partial charge in [-0.15, -0.1) is 0 Å². The number of carboxylic acids is 1. The van der Waals surface area contributed by atoms with Crippen molar-refractivity contribution in [3.63, 3.8) is 0 Å². The molecule has 1 rings (SSSR count). The topological polar surface area (TPSA) is 159 Å². The second kappa shape index (κ2) is 8.53. The molecule has 0 unspecified atom stereocenters. The monoisotopic (exact) mass is 347 g/mol. The maximum absolute atomic E-state index is 12.1. The lowest BCUT2D eigenvalue weighted by molar-refractivity contribution is -0.384. The smallest absolute Gasteiger partial charge is 0.323 e. The van der Waals surface area contributed by atoms with Crippen LogP contribution in [-0.4, -0.2) is 55.3 Å². The number of hydrogen-bond acceptors (Lipinski definition) is 7. The van der Waals surface area contributed by atoms with E-state index in [4.69, 9.17) is 10.2 Å². The Morgan fingerprint density at radius 3 is 2.39 bits per heavy atom. The van der Waals surface area contributed by atoms with Gasteiger partial charge in [-0.1, -0.05) is 0 Å². The summed E-state index contributed by atoms with van der Waals surface area (Å²) in [5.74, 6) is -1.37. The molecule has 0 aliphatic rings. The highest BCUT2D eigenvalue weighted by atomic mass is 32.2. The van der Waals surface area contributed by atoms with Gasteiger partial charge >= 0.3 is 5.97 Å². The molecule has 128 valence electrons. The molecular weight excluding hydrogens is 330 g/mol. The molecule has 0 aliphatic carbocycles. The predicted octanol–water partition coefficient (Wildman–Crippen LogP) is -0.702. The van der Waals surface area contributed by atoms with E-state index in [0.717, 1.165) is 24.3 Å². The van der Waals surface area contributed by atoms with Gasteiger partial charge in [0.15, 0.2) is 0 Å². The summed E-state index contributed by atoms with van der Waals surface area (Å²) in [6.07, 6.45) is 0.404. The van der Waals surface area contributed by atoms with E-state index in [1.165, 1.54) is 0 Å². The van der Waals surface area contributed by atoms with Gasteiger partial charge in [0, 0.05) is 25.3 Å². The average Bonchev–Trinajstić information content (AvgIpc) is 2.50. The number of nitro groups is 1. The zero-order chi connectivity index (χ0) is 17.5. The summed E-state index contributed by atoms with van der Waals surface area (Å²) in [5.41, 5.74) is -0.274. The van der Waals surface area contributed by atoms with Crippen molar-refractivity contribution in [2.75, 3.05) is 19.7 Å². The van der Waals surface area contributed by atoms with Gasteiger partial charge in [0.2, 0.25) is 10.0 Å². The highest BCUT2D eigenvalue weighted by Crippen LogP contribution is 2.15.